The van der Waals surface area contributed by atoms with Crippen molar-refractivity contribution in [1.82, 2.24) is 9.97 Å². The number of anilines is 2. The van der Waals surface area contributed by atoms with E-state index in [-0.39, 0.29) is 17.6 Å². The molecule has 0 atom stereocenters. The number of hydrogen-bond acceptors (Lipinski definition) is 7. The van der Waals surface area contributed by atoms with Gasteiger partial charge in [0.25, 0.3) is 0 Å². The zero-order chi connectivity index (χ0) is 21.3. The van der Waals surface area contributed by atoms with Gasteiger partial charge in [0.15, 0.2) is 0 Å². The number of aromatic carboxylic acids is 1. The van der Waals surface area contributed by atoms with Crippen molar-refractivity contribution in [3.63, 3.8) is 0 Å². The first-order chi connectivity index (χ1) is 14.4. The maximum absolute atomic E-state index is 12.8. The molecule has 8 heteroatoms. The number of hydrogen-bond donors (Lipinski definition) is 2. The van der Waals surface area contributed by atoms with E-state index in [9.17, 15) is 14.7 Å². The molecule has 1 saturated carbocycles. The second-order valence-corrected chi connectivity index (χ2v) is 8.58. The maximum atomic E-state index is 12.8. The quantitative estimate of drug-likeness (QED) is 0.539. The lowest BCUT2D eigenvalue weighted by atomic mass is 9.98. The number of aryl methyl sites for hydroxylation is 2. The topological polar surface area (TPSA) is 101 Å². The molecule has 0 unspecified atom stereocenters. The van der Waals surface area contributed by atoms with Crippen LogP contribution in [0.2, 0.25) is 0 Å². The van der Waals surface area contributed by atoms with Gasteiger partial charge in [-0.05, 0) is 62.8 Å². The number of carbonyl (C=O) groups is 2. The van der Waals surface area contributed by atoms with Crippen LogP contribution in [0.25, 0.3) is 10.2 Å². The minimum atomic E-state index is -0.995. The minimum Gasteiger partial charge on any atom is -0.478 e. The van der Waals surface area contributed by atoms with Gasteiger partial charge < -0.3 is 15.2 Å². The molecule has 1 fully saturated rings. The minimum absolute atomic E-state index is 0.0130. The molecule has 3 aromatic rings. The van der Waals surface area contributed by atoms with Gasteiger partial charge in [-0.2, -0.15) is 0 Å². The Labute approximate surface area is 178 Å². The van der Waals surface area contributed by atoms with E-state index in [1.54, 1.807) is 18.2 Å². The summed E-state index contributed by atoms with van der Waals surface area (Å²) in [6, 6.07) is 4.89. The number of benzene rings is 1. The average molecular weight is 426 g/mol. The number of carboxylic acid groups (broad SMARTS) is 1. The Kier molecular flexibility index (Phi) is 5.67. The summed E-state index contributed by atoms with van der Waals surface area (Å²) >= 11 is 1.30. The zero-order valence-electron chi connectivity index (χ0n) is 16.9. The van der Waals surface area contributed by atoms with E-state index in [1.807, 2.05) is 13.8 Å². The molecular formula is C22H23N3O4S. The van der Waals surface area contributed by atoms with Crippen LogP contribution in [-0.4, -0.2) is 33.1 Å². The van der Waals surface area contributed by atoms with Gasteiger partial charge in [0.2, 0.25) is 0 Å². The van der Waals surface area contributed by atoms with E-state index in [1.165, 1.54) is 24.1 Å². The lowest BCUT2D eigenvalue weighted by Gasteiger charge is -2.21. The molecule has 1 aliphatic carbocycles. The Morgan fingerprint density at radius 3 is 2.67 bits per heavy atom. The highest BCUT2D eigenvalue weighted by Gasteiger charge is 2.24. The molecule has 0 radical (unpaired) electrons. The Balaban J connectivity index is 1.66. The number of fused-ring (bicyclic) bond motifs is 1. The lowest BCUT2D eigenvalue weighted by Crippen LogP contribution is -2.20. The van der Waals surface area contributed by atoms with Crippen LogP contribution < -0.4 is 5.32 Å². The lowest BCUT2D eigenvalue weighted by molar-refractivity contribution is 0.0216. The van der Waals surface area contributed by atoms with Crippen LogP contribution in [0.4, 0.5) is 11.5 Å². The standard InChI is InChI=1S/C22H23N3O4S/c1-12-8-9-14(21(26)27)10-16(12)25-19-17-13(2)18(30-20(17)24-11-23-19)22(28)29-15-6-4-3-5-7-15/h8-11,15H,3-7H2,1-2H3,(H,26,27)(H,23,24,25). The number of rotatable bonds is 5. The first-order valence-electron chi connectivity index (χ1n) is 10.00. The largest absolute Gasteiger partial charge is 0.478 e. The van der Waals surface area contributed by atoms with Crippen molar-refractivity contribution in [1.29, 1.82) is 0 Å². The molecule has 0 amide bonds. The summed E-state index contributed by atoms with van der Waals surface area (Å²) in [5.74, 6) is -0.765. The Bertz CT molecular complexity index is 1120. The summed E-state index contributed by atoms with van der Waals surface area (Å²) in [5, 5.41) is 13.3. The van der Waals surface area contributed by atoms with E-state index < -0.39 is 5.97 Å². The van der Waals surface area contributed by atoms with Gasteiger partial charge in [0.05, 0.1) is 10.9 Å². The number of aromatic nitrogens is 2. The molecule has 0 aliphatic heterocycles. The number of esters is 1. The molecule has 0 saturated heterocycles. The SMILES string of the molecule is Cc1ccc(C(=O)O)cc1Nc1ncnc2sc(C(=O)OC3CCCCC3)c(C)c12. The molecule has 1 aromatic carbocycles. The molecule has 0 spiro atoms. The summed E-state index contributed by atoms with van der Waals surface area (Å²) in [5.41, 5.74) is 2.49. The van der Waals surface area contributed by atoms with Crippen molar-refractivity contribution >= 4 is 45.0 Å². The predicted molar refractivity (Wildman–Crippen MR) is 116 cm³/mol. The number of thiophene rings is 1. The molecule has 7 nitrogen and oxygen atoms in total. The summed E-state index contributed by atoms with van der Waals surface area (Å²) < 4.78 is 5.74. The summed E-state index contributed by atoms with van der Waals surface area (Å²) in [7, 11) is 0. The number of carboxylic acids is 1. The van der Waals surface area contributed by atoms with Crippen LogP contribution in [-0.2, 0) is 4.74 Å². The van der Waals surface area contributed by atoms with Gasteiger partial charge in [-0.1, -0.05) is 12.5 Å². The Morgan fingerprint density at radius 2 is 1.93 bits per heavy atom. The van der Waals surface area contributed by atoms with Crippen LogP contribution in [0, 0.1) is 13.8 Å². The van der Waals surface area contributed by atoms with Gasteiger partial charge in [-0.25, -0.2) is 19.6 Å². The van der Waals surface area contributed by atoms with Gasteiger partial charge >= 0.3 is 11.9 Å². The van der Waals surface area contributed by atoms with Gasteiger partial charge in [0, 0.05) is 5.69 Å². The van der Waals surface area contributed by atoms with Gasteiger partial charge in [0.1, 0.15) is 28.0 Å². The van der Waals surface area contributed by atoms with Crippen LogP contribution in [0.1, 0.15) is 63.3 Å². The molecule has 2 N–H and O–H groups in total. The Morgan fingerprint density at radius 1 is 1.17 bits per heavy atom. The number of nitrogens with zero attached hydrogens (tertiary/aromatic N) is 2. The van der Waals surface area contributed by atoms with E-state index in [4.69, 9.17) is 4.74 Å². The predicted octanol–water partition coefficient (Wildman–Crippen LogP) is 5.24. The van der Waals surface area contributed by atoms with Crippen LogP contribution in [0.5, 0.6) is 0 Å². The van der Waals surface area contributed by atoms with Crippen molar-refractivity contribution in [2.24, 2.45) is 0 Å². The summed E-state index contributed by atoms with van der Waals surface area (Å²) in [6.45, 7) is 3.76. The van der Waals surface area contributed by atoms with E-state index >= 15 is 0 Å². The van der Waals surface area contributed by atoms with Crippen molar-refractivity contribution in [2.75, 3.05) is 5.32 Å². The normalized spacial score (nSPS) is 14.6. The van der Waals surface area contributed by atoms with Gasteiger partial charge in [-0.3, -0.25) is 0 Å². The number of nitrogens with one attached hydrogen (secondary N) is 1. The molecular weight excluding hydrogens is 402 g/mol. The highest BCUT2D eigenvalue weighted by Crippen LogP contribution is 2.36. The zero-order valence-corrected chi connectivity index (χ0v) is 17.7. The van der Waals surface area contributed by atoms with Gasteiger partial charge in [-0.15, -0.1) is 11.3 Å². The second-order valence-electron chi connectivity index (χ2n) is 7.58. The molecule has 1 aliphatic rings. The molecule has 156 valence electrons. The average Bonchev–Trinajstić information content (AvgIpc) is 3.08. The third-order valence-corrected chi connectivity index (χ3v) is 6.66. The van der Waals surface area contributed by atoms with Crippen molar-refractivity contribution < 1.29 is 19.4 Å². The highest BCUT2D eigenvalue weighted by atomic mass is 32.1. The third-order valence-electron chi connectivity index (χ3n) is 5.48. The van der Waals surface area contributed by atoms with Crippen LogP contribution >= 0.6 is 11.3 Å². The number of ether oxygens (including phenoxy) is 1. The smallest absolute Gasteiger partial charge is 0.348 e. The fourth-order valence-electron chi connectivity index (χ4n) is 3.77. The van der Waals surface area contributed by atoms with Crippen molar-refractivity contribution in [3.05, 3.63) is 46.1 Å². The molecule has 30 heavy (non-hydrogen) atoms. The van der Waals surface area contributed by atoms with E-state index in [0.29, 0.717) is 21.2 Å². The number of carbonyl (C=O) groups excluding carboxylic acids is 1. The first-order valence-corrected chi connectivity index (χ1v) is 10.8. The monoisotopic (exact) mass is 425 g/mol. The molecule has 2 heterocycles. The maximum Gasteiger partial charge on any atom is 0.348 e. The van der Waals surface area contributed by atoms with Crippen LogP contribution in [0.15, 0.2) is 24.5 Å². The Hall–Kier alpha value is -3.00. The van der Waals surface area contributed by atoms with Crippen molar-refractivity contribution in [3.8, 4) is 0 Å². The summed E-state index contributed by atoms with van der Waals surface area (Å²) in [4.78, 5) is 34.0. The van der Waals surface area contributed by atoms with E-state index in [0.717, 1.165) is 42.2 Å². The van der Waals surface area contributed by atoms with E-state index in [2.05, 4.69) is 15.3 Å². The molecule has 0 bridgehead atoms. The van der Waals surface area contributed by atoms with Crippen LogP contribution in [0.3, 0.4) is 0 Å². The second kappa shape index (κ2) is 8.39. The van der Waals surface area contributed by atoms with Crippen molar-refractivity contribution in [2.45, 2.75) is 52.1 Å². The highest BCUT2D eigenvalue weighted by molar-refractivity contribution is 7.20. The molecule has 4 rings (SSSR count). The first kappa shape index (κ1) is 20.3. The summed E-state index contributed by atoms with van der Waals surface area (Å²) in [6.07, 6.45) is 6.65. The fraction of sp³-hybridized carbons (Fsp3) is 0.364. The molecule has 2 aromatic heterocycles. The third kappa shape index (κ3) is 4.00. The fourth-order valence-corrected chi connectivity index (χ4v) is 4.80.